The fourth-order valence-corrected chi connectivity index (χ4v) is 0.835. The van der Waals surface area contributed by atoms with Crippen molar-refractivity contribution in [2.75, 3.05) is 6.61 Å². The average Bonchev–Trinajstić information content (AvgIpc) is 1.89. The molecule has 0 N–H and O–H groups in total. The molecule has 0 radical (unpaired) electrons. The van der Waals surface area contributed by atoms with Gasteiger partial charge in [0.1, 0.15) is 0 Å². The first-order valence-electron chi connectivity index (χ1n) is 3.89. The van der Waals surface area contributed by atoms with Gasteiger partial charge in [-0.3, -0.25) is 4.79 Å². The van der Waals surface area contributed by atoms with E-state index in [2.05, 4.69) is 6.92 Å². The Labute approximate surface area is 98.7 Å². The van der Waals surface area contributed by atoms with E-state index in [0.717, 1.165) is 12.8 Å². The number of hydrogen-bond acceptors (Lipinski definition) is 2. The van der Waals surface area contributed by atoms with Gasteiger partial charge in [0, 0.05) is 0 Å². The minimum absolute atomic E-state index is 0. The van der Waals surface area contributed by atoms with Crippen LogP contribution in [-0.2, 0) is 9.53 Å². The Morgan fingerprint density at radius 3 is 2.36 bits per heavy atom. The van der Waals surface area contributed by atoms with Crippen LogP contribution in [0.5, 0.6) is 0 Å². The van der Waals surface area contributed by atoms with Crippen LogP contribution in [0.4, 0.5) is 0 Å². The first-order valence-corrected chi connectivity index (χ1v) is 3.89. The van der Waals surface area contributed by atoms with Gasteiger partial charge in [0.05, 0.1) is 12.5 Å². The molecule has 11 heavy (non-hydrogen) atoms. The molecule has 0 saturated carbocycles. The number of carbonyl (C=O) groups excluding carboxylic acids is 1. The number of hydrogen-bond donors (Lipinski definition) is 0. The van der Waals surface area contributed by atoms with Crippen LogP contribution in [0.25, 0.3) is 0 Å². The van der Waals surface area contributed by atoms with Crippen molar-refractivity contribution in [3.05, 3.63) is 0 Å². The number of esters is 1. The summed E-state index contributed by atoms with van der Waals surface area (Å²) in [6.07, 6.45) is 1.97. The minimum atomic E-state index is -0.0654. The Bertz CT molecular complexity index is 104. The van der Waals surface area contributed by atoms with Gasteiger partial charge in [0.25, 0.3) is 0 Å². The fraction of sp³-hybridized carbons (Fsp3) is 0.875. The zero-order valence-corrected chi connectivity index (χ0v) is 7.02. The van der Waals surface area contributed by atoms with E-state index in [9.17, 15) is 4.79 Å². The van der Waals surface area contributed by atoms with Crippen LogP contribution in [-0.4, -0.2) is 50.3 Å². The summed E-state index contributed by atoms with van der Waals surface area (Å²) in [5, 5.41) is 0. The SMILES string of the molecule is CCCC(C)C(=O)OCC.[CaH2]. The van der Waals surface area contributed by atoms with Crippen molar-refractivity contribution in [1.29, 1.82) is 0 Å². The topological polar surface area (TPSA) is 26.3 Å². The van der Waals surface area contributed by atoms with E-state index >= 15 is 0 Å². The number of rotatable bonds is 4. The molecule has 0 amide bonds. The third-order valence-corrected chi connectivity index (χ3v) is 1.41. The monoisotopic (exact) mass is 186 g/mol. The van der Waals surface area contributed by atoms with Crippen LogP contribution in [0.15, 0.2) is 0 Å². The van der Waals surface area contributed by atoms with E-state index in [4.69, 9.17) is 4.74 Å². The molecule has 0 spiro atoms. The standard InChI is InChI=1S/C8H16O2.Ca.2H/c1-4-6-7(3)8(9)10-5-2;;;/h7H,4-6H2,1-3H3;;;. The Hall–Kier alpha value is 0.730. The third-order valence-electron chi connectivity index (χ3n) is 1.41. The van der Waals surface area contributed by atoms with Gasteiger partial charge in [-0.2, -0.15) is 0 Å². The molecule has 0 heterocycles. The van der Waals surface area contributed by atoms with Crippen molar-refractivity contribution in [3.63, 3.8) is 0 Å². The van der Waals surface area contributed by atoms with Gasteiger partial charge in [-0.25, -0.2) is 0 Å². The maximum atomic E-state index is 10.9. The maximum absolute atomic E-state index is 10.9. The zero-order chi connectivity index (χ0) is 7.98. The van der Waals surface area contributed by atoms with Crippen LogP contribution in [0.3, 0.4) is 0 Å². The third kappa shape index (κ3) is 7.10. The second-order valence-corrected chi connectivity index (χ2v) is 2.44. The van der Waals surface area contributed by atoms with Gasteiger partial charge in [-0.05, 0) is 13.3 Å². The first kappa shape index (κ1) is 14.3. The summed E-state index contributed by atoms with van der Waals surface area (Å²) in [5.41, 5.74) is 0. The predicted molar refractivity (Wildman–Crippen MR) is 49.2 cm³/mol. The summed E-state index contributed by atoms with van der Waals surface area (Å²) < 4.78 is 4.82. The second-order valence-electron chi connectivity index (χ2n) is 2.44. The van der Waals surface area contributed by atoms with E-state index in [-0.39, 0.29) is 49.6 Å². The molecule has 0 aliphatic carbocycles. The molecular formula is C8H18CaO2. The summed E-state index contributed by atoms with van der Waals surface area (Å²) in [4.78, 5) is 10.9. The molecular weight excluding hydrogens is 168 g/mol. The average molecular weight is 186 g/mol. The summed E-state index contributed by atoms with van der Waals surface area (Å²) in [7, 11) is 0. The van der Waals surface area contributed by atoms with Gasteiger partial charge in [0.15, 0.2) is 0 Å². The van der Waals surface area contributed by atoms with E-state index < -0.39 is 0 Å². The Kier molecular flexibility index (Phi) is 11.4. The molecule has 1 unspecified atom stereocenters. The van der Waals surface area contributed by atoms with Gasteiger partial charge in [0.2, 0.25) is 0 Å². The molecule has 0 aliphatic heterocycles. The molecule has 2 nitrogen and oxygen atoms in total. The number of ether oxygens (including phenoxy) is 1. The summed E-state index contributed by atoms with van der Waals surface area (Å²) in [5.74, 6) is 0.00861. The van der Waals surface area contributed by atoms with Crippen molar-refractivity contribution in [2.24, 2.45) is 5.92 Å². The van der Waals surface area contributed by atoms with Gasteiger partial charge in [-0.15, -0.1) is 0 Å². The number of carbonyl (C=O) groups is 1. The van der Waals surface area contributed by atoms with Crippen molar-refractivity contribution in [1.82, 2.24) is 0 Å². The first-order chi connectivity index (χ1) is 4.72. The quantitative estimate of drug-likeness (QED) is 0.485. The second kappa shape index (κ2) is 8.82. The van der Waals surface area contributed by atoms with E-state index in [0.29, 0.717) is 6.61 Å². The normalized spacial score (nSPS) is 11.5. The Morgan fingerprint density at radius 2 is 2.00 bits per heavy atom. The van der Waals surface area contributed by atoms with Gasteiger partial charge >= 0.3 is 43.7 Å². The molecule has 0 aromatic carbocycles. The van der Waals surface area contributed by atoms with E-state index in [1.165, 1.54) is 0 Å². The zero-order valence-electron chi connectivity index (χ0n) is 7.02. The van der Waals surface area contributed by atoms with E-state index in [1.807, 2.05) is 13.8 Å². The summed E-state index contributed by atoms with van der Waals surface area (Å²) >= 11 is 0. The van der Waals surface area contributed by atoms with E-state index in [1.54, 1.807) is 0 Å². The molecule has 1 atom stereocenters. The molecule has 0 aromatic rings. The van der Waals surface area contributed by atoms with Crippen molar-refractivity contribution in [2.45, 2.75) is 33.6 Å². The van der Waals surface area contributed by atoms with Crippen LogP contribution in [0.2, 0.25) is 0 Å². The molecule has 0 rings (SSSR count). The molecule has 3 heteroatoms. The van der Waals surface area contributed by atoms with Gasteiger partial charge < -0.3 is 4.74 Å². The van der Waals surface area contributed by atoms with Crippen LogP contribution >= 0.6 is 0 Å². The van der Waals surface area contributed by atoms with Crippen LogP contribution < -0.4 is 0 Å². The van der Waals surface area contributed by atoms with Crippen LogP contribution in [0, 0.1) is 5.92 Å². The van der Waals surface area contributed by atoms with Crippen LogP contribution in [0.1, 0.15) is 33.6 Å². The molecule has 64 valence electrons. The van der Waals surface area contributed by atoms with Crippen molar-refractivity contribution < 1.29 is 9.53 Å². The molecule has 0 bridgehead atoms. The van der Waals surface area contributed by atoms with Gasteiger partial charge in [-0.1, -0.05) is 20.3 Å². The molecule has 0 aliphatic rings. The summed E-state index contributed by atoms with van der Waals surface area (Å²) in [6, 6.07) is 0. The van der Waals surface area contributed by atoms with Crippen molar-refractivity contribution >= 4 is 43.7 Å². The molecule has 0 fully saturated rings. The fourth-order valence-electron chi connectivity index (χ4n) is 0.835. The molecule has 0 saturated heterocycles. The Balaban J connectivity index is 0. The predicted octanol–water partition coefficient (Wildman–Crippen LogP) is 1.07. The molecule has 0 aromatic heterocycles. The summed E-state index contributed by atoms with van der Waals surface area (Å²) in [6.45, 7) is 6.29. The van der Waals surface area contributed by atoms with Crippen molar-refractivity contribution in [3.8, 4) is 0 Å². The Morgan fingerprint density at radius 1 is 1.45 bits per heavy atom.